The Kier molecular flexibility index (Phi) is 2.76. The molecule has 2 nitrogen and oxygen atoms in total. The first-order chi connectivity index (χ1) is 5.59. The zero-order valence-corrected chi connectivity index (χ0v) is 7.81. The molecule has 64 valence electrons. The minimum Gasteiger partial charge on any atom is -0.473 e. The SMILES string of the molecule is Cc1ccc(C)c(SC(=O)O)c1. The molecule has 0 aliphatic heterocycles. The molecule has 1 aromatic rings. The van der Waals surface area contributed by atoms with Gasteiger partial charge in [-0.2, -0.15) is 0 Å². The van der Waals surface area contributed by atoms with E-state index in [1.807, 2.05) is 32.0 Å². The zero-order chi connectivity index (χ0) is 9.14. The van der Waals surface area contributed by atoms with Gasteiger partial charge in [-0.3, -0.25) is 0 Å². The van der Waals surface area contributed by atoms with E-state index in [1.165, 1.54) is 0 Å². The molecule has 3 heteroatoms. The summed E-state index contributed by atoms with van der Waals surface area (Å²) < 4.78 is 0. The molecule has 12 heavy (non-hydrogen) atoms. The molecule has 0 spiro atoms. The number of thioether (sulfide) groups is 1. The number of carboxylic acid groups (broad SMARTS) is 1. The van der Waals surface area contributed by atoms with Gasteiger partial charge in [-0.1, -0.05) is 12.1 Å². The molecule has 0 atom stereocenters. The van der Waals surface area contributed by atoms with Crippen molar-refractivity contribution >= 4 is 17.1 Å². The number of carbonyl (C=O) groups is 1. The van der Waals surface area contributed by atoms with Crippen LogP contribution in [0.5, 0.6) is 0 Å². The second-order valence-electron chi connectivity index (χ2n) is 2.64. The molecule has 0 bridgehead atoms. The molecule has 0 saturated carbocycles. The van der Waals surface area contributed by atoms with Crippen molar-refractivity contribution in [1.29, 1.82) is 0 Å². The fourth-order valence-corrected chi connectivity index (χ4v) is 1.57. The van der Waals surface area contributed by atoms with Crippen LogP contribution in [0.1, 0.15) is 11.1 Å². The van der Waals surface area contributed by atoms with Crippen molar-refractivity contribution in [2.75, 3.05) is 0 Å². The van der Waals surface area contributed by atoms with E-state index < -0.39 is 5.30 Å². The van der Waals surface area contributed by atoms with Crippen LogP contribution in [0.15, 0.2) is 23.1 Å². The van der Waals surface area contributed by atoms with Crippen molar-refractivity contribution in [3.05, 3.63) is 29.3 Å². The minimum absolute atomic E-state index is 0.822. The first kappa shape index (κ1) is 9.13. The van der Waals surface area contributed by atoms with E-state index in [2.05, 4.69) is 0 Å². The predicted molar refractivity (Wildman–Crippen MR) is 49.8 cm³/mol. The maximum atomic E-state index is 10.4. The highest BCUT2D eigenvalue weighted by Crippen LogP contribution is 2.23. The summed E-state index contributed by atoms with van der Waals surface area (Å²) in [6, 6.07) is 5.79. The Morgan fingerprint density at radius 2 is 2.08 bits per heavy atom. The van der Waals surface area contributed by atoms with Gasteiger partial charge in [0.2, 0.25) is 0 Å². The Balaban J connectivity index is 2.97. The maximum absolute atomic E-state index is 10.4. The molecule has 0 radical (unpaired) electrons. The molecule has 0 aliphatic carbocycles. The minimum atomic E-state index is -0.858. The van der Waals surface area contributed by atoms with Gasteiger partial charge in [-0.15, -0.1) is 0 Å². The van der Waals surface area contributed by atoms with E-state index in [-0.39, 0.29) is 0 Å². The summed E-state index contributed by atoms with van der Waals surface area (Å²) >= 11 is 0.856. The Hall–Kier alpha value is -0.960. The number of aryl methyl sites for hydroxylation is 2. The van der Waals surface area contributed by atoms with Crippen LogP contribution in [-0.2, 0) is 0 Å². The first-order valence-corrected chi connectivity index (χ1v) is 4.39. The second kappa shape index (κ2) is 3.63. The summed E-state index contributed by atoms with van der Waals surface area (Å²) in [5, 5.41) is 7.69. The summed E-state index contributed by atoms with van der Waals surface area (Å²) in [6.07, 6.45) is 0. The summed E-state index contributed by atoms with van der Waals surface area (Å²) in [7, 11) is 0. The van der Waals surface area contributed by atoms with E-state index in [0.717, 1.165) is 27.8 Å². The van der Waals surface area contributed by atoms with Crippen LogP contribution >= 0.6 is 11.8 Å². The molecule has 0 aromatic heterocycles. The largest absolute Gasteiger partial charge is 0.473 e. The van der Waals surface area contributed by atoms with Crippen LogP contribution in [0.2, 0.25) is 0 Å². The van der Waals surface area contributed by atoms with Gasteiger partial charge < -0.3 is 5.11 Å². The Bertz CT molecular complexity index is 307. The fourth-order valence-electron chi connectivity index (χ4n) is 0.911. The molecule has 1 aromatic carbocycles. The smallest absolute Gasteiger partial charge is 0.369 e. The number of hydrogen-bond acceptors (Lipinski definition) is 2. The molecule has 1 N–H and O–H groups in total. The summed E-state index contributed by atoms with van der Waals surface area (Å²) in [5.41, 5.74) is 2.09. The molecule has 0 fully saturated rings. The van der Waals surface area contributed by atoms with Crippen molar-refractivity contribution in [1.82, 2.24) is 0 Å². The summed E-state index contributed by atoms with van der Waals surface area (Å²) in [4.78, 5) is 11.2. The highest BCUT2D eigenvalue weighted by Gasteiger charge is 2.04. The Morgan fingerprint density at radius 3 is 2.67 bits per heavy atom. The third-order valence-electron chi connectivity index (χ3n) is 1.54. The zero-order valence-electron chi connectivity index (χ0n) is 7.00. The van der Waals surface area contributed by atoms with Crippen LogP contribution < -0.4 is 0 Å². The highest BCUT2D eigenvalue weighted by molar-refractivity contribution is 8.13. The Labute approximate surface area is 75.6 Å². The van der Waals surface area contributed by atoms with Gasteiger partial charge in [0.05, 0.1) is 0 Å². The van der Waals surface area contributed by atoms with E-state index >= 15 is 0 Å². The monoisotopic (exact) mass is 182 g/mol. The highest BCUT2D eigenvalue weighted by atomic mass is 32.2. The topological polar surface area (TPSA) is 37.3 Å². The average Bonchev–Trinajstić information content (AvgIpc) is 1.96. The van der Waals surface area contributed by atoms with Crippen LogP contribution in [0.3, 0.4) is 0 Å². The standard InChI is InChI=1S/C9H10O2S/c1-6-3-4-7(2)8(5-6)12-9(10)11/h3-5H,1-2H3,(H,10,11). The van der Waals surface area contributed by atoms with Gasteiger partial charge in [-0.05, 0) is 42.8 Å². The lowest BCUT2D eigenvalue weighted by Crippen LogP contribution is -1.87. The summed E-state index contributed by atoms with van der Waals surface area (Å²) in [5.74, 6) is 0. The summed E-state index contributed by atoms with van der Waals surface area (Å²) in [6.45, 7) is 3.86. The van der Waals surface area contributed by atoms with Crippen LogP contribution in [0.25, 0.3) is 0 Å². The van der Waals surface area contributed by atoms with Gasteiger partial charge in [0.25, 0.3) is 0 Å². The van der Waals surface area contributed by atoms with Gasteiger partial charge >= 0.3 is 5.30 Å². The van der Waals surface area contributed by atoms with Gasteiger partial charge in [0.15, 0.2) is 0 Å². The molecule has 0 unspecified atom stereocenters. The predicted octanol–water partition coefficient (Wildman–Crippen LogP) is 3.07. The van der Waals surface area contributed by atoms with Crippen LogP contribution in [0.4, 0.5) is 4.79 Å². The quantitative estimate of drug-likeness (QED) is 0.678. The number of rotatable bonds is 1. The lowest BCUT2D eigenvalue weighted by Gasteiger charge is -2.02. The molecule has 0 saturated heterocycles. The van der Waals surface area contributed by atoms with Crippen LogP contribution in [0, 0.1) is 13.8 Å². The van der Waals surface area contributed by atoms with Crippen molar-refractivity contribution in [2.45, 2.75) is 18.7 Å². The molecular weight excluding hydrogens is 172 g/mol. The molecule has 0 heterocycles. The molecule has 0 aliphatic rings. The van der Waals surface area contributed by atoms with Crippen molar-refractivity contribution < 1.29 is 9.90 Å². The van der Waals surface area contributed by atoms with Crippen molar-refractivity contribution in [2.24, 2.45) is 0 Å². The first-order valence-electron chi connectivity index (χ1n) is 3.57. The van der Waals surface area contributed by atoms with Gasteiger partial charge in [-0.25, -0.2) is 4.79 Å². The second-order valence-corrected chi connectivity index (χ2v) is 3.63. The normalized spacial score (nSPS) is 9.83. The molecule has 1 rings (SSSR count). The van der Waals surface area contributed by atoms with Crippen LogP contribution in [-0.4, -0.2) is 10.4 Å². The Morgan fingerprint density at radius 1 is 1.42 bits per heavy atom. The van der Waals surface area contributed by atoms with E-state index in [9.17, 15) is 4.79 Å². The van der Waals surface area contributed by atoms with E-state index in [1.54, 1.807) is 0 Å². The maximum Gasteiger partial charge on any atom is 0.369 e. The molecular formula is C9H10O2S. The lowest BCUT2D eigenvalue weighted by molar-refractivity contribution is 0.222. The van der Waals surface area contributed by atoms with Crippen molar-refractivity contribution in [3.63, 3.8) is 0 Å². The average molecular weight is 182 g/mol. The lowest BCUT2D eigenvalue weighted by atomic mass is 10.2. The van der Waals surface area contributed by atoms with E-state index in [4.69, 9.17) is 5.11 Å². The van der Waals surface area contributed by atoms with Gasteiger partial charge in [0.1, 0.15) is 0 Å². The fraction of sp³-hybridized carbons (Fsp3) is 0.222. The third-order valence-corrected chi connectivity index (χ3v) is 2.38. The molecule has 0 amide bonds. The van der Waals surface area contributed by atoms with Crippen molar-refractivity contribution in [3.8, 4) is 0 Å². The van der Waals surface area contributed by atoms with E-state index in [0.29, 0.717) is 0 Å². The third kappa shape index (κ3) is 2.27. The number of benzene rings is 1. The number of hydrogen-bond donors (Lipinski definition) is 1. The van der Waals surface area contributed by atoms with Gasteiger partial charge in [0, 0.05) is 4.90 Å².